The highest BCUT2D eigenvalue weighted by Crippen LogP contribution is 2.32. The number of hydrogen-bond donors (Lipinski definition) is 0. The van der Waals surface area contributed by atoms with E-state index in [1.807, 2.05) is 0 Å². The smallest absolute Gasteiger partial charge is 0.346 e. The number of carbonyl (C=O) groups excluding carboxylic acids is 1. The van der Waals surface area contributed by atoms with E-state index in [1.165, 1.54) is 6.92 Å². The molecule has 132 valence electrons. The maximum atomic E-state index is 14.5. The predicted molar refractivity (Wildman–Crippen MR) is 71.9 cm³/mol. The standard InChI is InChI=1S/C11H19FO7.CH4.OS/c1-5-15-9(13)11(4,12)8(18-19-14)7-6-16-10(2,3)17-7;;1-2/h7-8,14H,5-6H2,1-4H3;1H4;/p-1/t7?,8-,11-;;/m1../s1. The number of halogens is 1. The van der Waals surface area contributed by atoms with E-state index in [9.17, 15) is 14.4 Å². The van der Waals surface area contributed by atoms with Crippen LogP contribution in [0, 0.1) is 0 Å². The van der Waals surface area contributed by atoms with Gasteiger partial charge < -0.3 is 19.5 Å². The van der Waals surface area contributed by atoms with Gasteiger partial charge in [-0.2, -0.15) is 4.21 Å². The van der Waals surface area contributed by atoms with E-state index in [0.29, 0.717) is 0 Å². The van der Waals surface area contributed by atoms with E-state index in [4.69, 9.17) is 13.7 Å². The van der Waals surface area contributed by atoms with E-state index >= 15 is 0 Å². The molecule has 1 unspecified atom stereocenters. The minimum absolute atomic E-state index is 0. The fourth-order valence-corrected chi connectivity index (χ4v) is 1.80. The highest BCUT2D eigenvalue weighted by atomic mass is 32.1. The van der Waals surface area contributed by atoms with Gasteiger partial charge in [0, 0.05) is 0 Å². The van der Waals surface area contributed by atoms with Crippen molar-refractivity contribution in [2.45, 2.75) is 58.8 Å². The summed E-state index contributed by atoms with van der Waals surface area (Å²) in [5.41, 5.74) is -2.60. The van der Waals surface area contributed by atoms with Crippen LogP contribution in [0.3, 0.4) is 0 Å². The van der Waals surface area contributed by atoms with Crippen molar-refractivity contribution in [3.8, 4) is 0 Å². The van der Waals surface area contributed by atoms with Crippen LogP contribution in [0.4, 0.5) is 4.39 Å². The molecule has 1 rings (SSSR count). The summed E-state index contributed by atoms with van der Waals surface area (Å²) in [5, 5.41) is 13.4. The second-order valence-electron chi connectivity index (χ2n) is 4.75. The molecule has 10 heteroatoms. The molecular weight excluding hydrogens is 323 g/mol. The number of rotatable bonds is 6. The molecule has 0 saturated carbocycles. The molecule has 3 atom stereocenters. The molecule has 1 saturated heterocycles. The molecule has 1 aliphatic heterocycles. The average Bonchev–Trinajstić information content (AvgIpc) is 2.78. The number of hydrogen-bond acceptors (Lipinski definition) is 9. The van der Waals surface area contributed by atoms with Crippen LogP contribution in [-0.2, 0) is 41.5 Å². The molecule has 1 heterocycles. The lowest BCUT2D eigenvalue weighted by Crippen LogP contribution is -2.53. The Morgan fingerprint density at radius 1 is 1.55 bits per heavy atom. The van der Waals surface area contributed by atoms with Crippen molar-refractivity contribution < 1.29 is 42.8 Å². The Labute approximate surface area is 134 Å². The van der Waals surface area contributed by atoms with Gasteiger partial charge >= 0.3 is 5.97 Å². The summed E-state index contributed by atoms with van der Waals surface area (Å²) in [6, 6.07) is 0. The third-order valence-corrected chi connectivity index (χ3v) is 2.72. The van der Waals surface area contributed by atoms with Crippen LogP contribution in [0.5, 0.6) is 0 Å². The van der Waals surface area contributed by atoms with Gasteiger partial charge in [0.25, 0.3) is 0 Å². The fraction of sp³-hybridized carbons (Fsp3) is 0.917. The Bertz CT molecular complexity index is 339. The lowest BCUT2D eigenvalue weighted by atomic mass is 9.97. The lowest BCUT2D eigenvalue weighted by molar-refractivity contribution is -0.807. The second kappa shape index (κ2) is 10.1. The molecule has 22 heavy (non-hydrogen) atoms. The van der Waals surface area contributed by atoms with E-state index in [-0.39, 0.29) is 20.6 Å². The van der Waals surface area contributed by atoms with Crippen molar-refractivity contribution in [3.05, 3.63) is 0 Å². The van der Waals surface area contributed by atoms with Crippen molar-refractivity contribution in [1.29, 1.82) is 0 Å². The summed E-state index contributed by atoms with van der Waals surface area (Å²) in [5.74, 6) is -2.12. The minimum Gasteiger partial charge on any atom is -0.692 e. The molecule has 0 bridgehead atoms. The predicted octanol–water partition coefficient (Wildman–Crippen LogP) is 0.321. The summed E-state index contributed by atoms with van der Waals surface area (Å²) >= 11 is 2.83. The molecule has 0 spiro atoms. The van der Waals surface area contributed by atoms with Gasteiger partial charge in [0.05, 0.1) is 13.2 Å². The Hall–Kier alpha value is -0.780. The number of ether oxygens (including phenoxy) is 3. The van der Waals surface area contributed by atoms with Gasteiger partial charge in [0.2, 0.25) is 5.67 Å². The maximum Gasteiger partial charge on any atom is 0.346 e. The minimum atomic E-state index is -2.60. The maximum absolute atomic E-state index is 14.5. The van der Waals surface area contributed by atoms with Crippen molar-refractivity contribution in [2.24, 2.45) is 0 Å². The van der Waals surface area contributed by atoms with Gasteiger partial charge in [0.15, 0.2) is 24.4 Å². The number of esters is 1. The summed E-state index contributed by atoms with van der Waals surface area (Å²) < 4.78 is 37.5. The van der Waals surface area contributed by atoms with Crippen LogP contribution >= 0.6 is 0 Å². The molecule has 1 aliphatic rings. The molecule has 8 nitrogen and oxygen atoms in total. The van der Waals surface area contributed by atoms with Gasteiger partial charge in [-0.25, -0.2) is 14.1 Å². The lowest BCUT2D eigenvalue weighted by Gasteiger charge is -2.31. The van der Waals surface area contributed by atoms with Crippen LogP contribution in [-0.4, -0.2) is 47.1 Å². The number of carbonyl (C=O) groups is 1. The van der Waals surface area contributed by atoms with Crippen molar-refractivity contribution in [3.63, 3.8) is 0 Å². The summed E-state index contributed by atoms with van der Waals surface area (Å²) in [6.07, 6.45) is -2.56. The van der Waals surface area contributed by atoms with Gasteiger partial charge in [-0.3, -0.25) is 5.04 Å². The van der Waals surface area contributed by atoms with Gasteiger partial charge in [-0.15, -0.1) is 0 Å². The van der Waals surface area contributed by atoms with E-state index in [0.717, 1.165) is 6.92 Å². The molecule has 0 aliphatic carbocycles. The van der Waals surface area contributed by atoms with E-state index in [1.54, 1.807) is 13.8 Å². The summed E-state index contributed by atoms with van der Waals surface area (Å²) in [6.45, 7) is 5.65. The van der Waals surface area contributed by atoms with Crippen LogP contribution in [0.1, 0.15) is 35.1 Å². The topological polar surface area (TPSA) is 103 Å². The van der Waals surface area contributed by atoms with E-state index < -0.39 is 29.6 Å². The molecule has 0 aromatic rings. The Balaban J connectivity index is 0. The van der Waals surface area contributed by atoms with Crippen LogP contribution in [0.25, 0.3) is 0 Å². The van der Waals surface area contributed by atoms with Crippen LogP contribution in [0.15, 0.2) is 0 Å². The largest absolute Gasteiger partial charge is 0.692 e. The first-order valence-corrected chi connectivity index (χ1v) is 6.37. The van der Waals surface area contributed by atoms with Gasteiger partial charge in [-0.05, 0) is 27.7 Å². The zero-order valence-electron chi connectivity index (χ0n) is 12.1. The SMILES string of the molecule is C.CCOC(=O)[C@](C)(F)[C@H](OO[O-])C1COC(C)(C)O1.O=S. The summed E-state index contributed by atoms with van der Waals surface area (Å²) in [7, 11) is 0. The molecule has 0 radical (unpaired) electrons. The second-order valence-corrected chi connectivity index (χ2v) is 4.75. The van der Waals surface area contributed by atoms with Gasteiger partial charge in [0.1, 0.15) is 6.10 Å². The normalized spacial score (nSPS) is 23.3. The first kappa shape index (κ1) is 23.5. The van der Waals surface area contributed by atoms with Gasteiger partial charge in [-0.1, -0.05) is 7.43 Å². The van der Waals surface area contributed by atoms with Crippen molar-refractivity contribution in [1.82, 2.24) is 0 Å². The fourth-order valence-electron chi connectivity index (χ4n) is 1.80. The third-order valence-electron chi connectivity index (χ3n) is 2.72. The molecule has 1 fully saturated rings. The molecular formula is C12H22FO8S-. The Morgan fingerprint density at radius 2 is 2.09 bits per heavy atom. The zero-order valence-corrected chi connectivity index (χ0v) is 12.9. The monoisotopic (exact) mass is 345 g/mol. The van der Waals surface area contributed by atoms with Crippen LogP contribution in [0.2, 0.25) is 0 Å². The Morgan fingerprint density at radius 3 is 2.45 bits per heavy atom. The van der Waals surface area contributed by atoms with Crippen molar-refractivity contribution >= 4 is 18.5 Å². The highest BCUT2D eigenvalue weighted by molar-refractivity contribution is 7.44. The molecule has 0 N–H and O–H groups in total. The van der Waals surface area contributed by atoms with E-state index in [2.05, 4.69) is 27.2 Å². The highest BCUT2D eigenvalue weighted by Gasteiger charge is 2.53. The van der Waals surface area contributed by atoms with Crippen LogP contribution < -0.4 is 5.26 Å². The number of alkyl halides is 1. The average molecular weight is 345 g/mol. The molecule has 0 aromatic heterocycles. The van der Waals surface area contributed by atoms with Crippen molar-refractivity contribution in [2.75, 3.05) is 13.2 Å². The first-order valence-electron chi connectivity index (χ1n) is 6.04. The first-order chi connectivity index (χ1) is 9.74. The Kier molecular flexibility index (Phi) is 10.8. The molecule has 0 amide bonds. The zero-order chi connectivity index (χ0) is 16.7. The third kappa shape index (κ3) is 6.15. The summed E-state index contributed by atoms with van der Waals surface area (Å²) in [4.78, 5) is 15.9. The molecule has 0 aromatic carbocycles. The quantitative estimate of drug-likeness (QED) is 0.382.